The average Bonchev–Trinajstić information content (AvgIpc) is 3.20. The van der Waals surface area contributed by atoms with Crippen LogP contribution >= 0.6 is 0 Å². The maximum Gasteiger partial charge on any atom is 0.295 e. The molecule has 0 atom stereocenters. The molecule has 0 saturated heterocycles. The Hall–Kier alpha value is -3.94. The lowest BCUT2D eigenvalue weighted by molar-refractivity contribution is -0.121. The first-order valence-corrected chi connectivity index (χ1v) is 11.9. The third-order valence-electron chi connectivity index (χ3n) is 5.75. The number of aryl methyl sites for hydroxylation is 3. The van der Waals surface area contributed by atoms with E-state index < -0.39 is 0 Å². The first-order valence-electron chi connectivity index (χ1n) is 11.9. The molecule has 0 bridgehead atoms. The number of amides is 1. The topological polar surface area (TPSA) is 91.0 Å². The van der Waals surface area contributed by atoms with Crippen LogP contribution in [0.15, 0.2) is 59.4 Å². The largest absolute Gasteiger partial charge is 0.491 e. The minimum atomic E-state index is -0.243. The second-order valence-electron chi connectivity index (χ2n) is 8.86. The van der Waals surface area contributed by atoms with Crippen LogP contribution in [0, 0.1) is 13.8 Å². The summed E-state index contributed by atoms with van der Waals surface area (Å²) in [5.41, 5.74) is 3.67. The zero-order valence-electron chi connectivity index (χ0n) is 20.6. The fourth-order valence-electron chi connectivity index (χ4n) is 4.09. The Bertz CT molecular complexity index is 1370. The van der Waals surface area contributed by atoms with Gasteiger partial charge in [-0.1, -0.05) is 30.3 Å². The first kappa shape index (κ1) is 24.2. The van der Waals surface area contributed by atoms with E-state index in [0.717, 1.165) is 33.8 Å². The number of carbonyl (C=O) groups excluding carboxylic acids is 1. The summed E-state index contributed by atoms with van der Waals surface area (Å²) in [6.07, 6.45) is 0.927. The van der Waals surface area contributed by atoms with E-state index >= 15 is 0 Å². The quantitative estimate of drug-likeness (QED) is 0.396. The second-order valence-corrected chi connectivity index (χ2v) is 8.86. The van der Waals surface area contributed by atoms with Crippen molar-refractivity contribution in [2.45, 2.75) is 59.7 Å². The predicted octanol–water partition coefficient (Wildman–Crippen LogP) is 4.08. The summed E-state index contributed by atoms with van der Waals surface area (Å²) in [5, 5.41) is 12.8. The van der Waals surface area contributed by atoms with Crippen molar-refractivity contribution >= 4 is 16.8 Å². The summed E-state index contributed by atoms with van der Waals surface area (Å²) in [6.45, 7) is 8.58. The van der Waals surface area contributed by atoms with E-state index in [1.165, 1.54) is 4.68 Å². The van der Waals surface area contributed by atoms with Crippen LogP contribution in [-0.2, 0) is 17.9 Å². The number of fused-ring (bicyclic) bond motifs is 1. The number of rotatable bonds is 9. The highest BCUT2D eigenvalue weighted by Gasteiger charge is 2.17. The molecule has 1 N–H and O–H groups in total. The van der Waals surface area contributed by atoms with Gasteiger partial charge < -0.3 is 10.1 Å². The summed E-state index contributed by atoms with van der Waals surface area (Å²) in [5.74, 6) is 0.742. The number of carbonyl (C=O) groups is 1. The fourth-order valence-corrected chi connectivity index (χ4v) is 4.09. The normalized spacial score (nSPS) is 11.2. The lowest BCUT2D eigenvalue weighted by Gasteiger charge is -2.10. The Labute approximate surface area is 204 Å². The van der Waals surface area contributed by atoms with Crippen LogP contribution < -0.4 is 15.6 Å². The highest BCUT2D eigenvalue weighted by Crippen LogP contribution is 2.21. The zero-order valence-corrected chi connectivity index (χ0v) is 20.6. The van der Waals surface area contributed by atoms with E-state index in [0.29, 0.717) is 31.4 Å². The smallest absolute Gasteiger partial charge is 0.295 e. The van der Waals surface area contributed by atoms with E-state index in [-0.39, 0.29) is 17.6 Å². The van der Waals surface area contributed by atoms with Crippen LogP contribution in [0.3, 0.4) is 0 Å². The number of nitrogens with zero attached hydrogens (tertiary/aromatic N) is 4. The molecule has 8 nitrogen and oxygen atoms in total. The molecule has 35 heavy (non-hydrogen) atoms. The van der Waals surface area contributed by atoms with Crippen molar-refractivity contribution in [2.75, 3.05) is 0 Å². The van der Waals surface area contributed by atoms with Gasteiger partial charge in [0.2, 0.25) is 5.91 Å². The Morgan fingerprint density at radius 1 is 1.03 bits per heavy atom. The zero-order chi connectivity index (χ0) is 24.9. The van der Waals surface area contributed by atoms with Crippen LogP contribution in [0.4, 0.5) is 0 Å². The maximum atomic E-state index is 13.1. The predicted molar refractivity (Wildman–Crippen MR) is 136 cm³/mol. The fraction of sp³-hybridized carbons (Fsp3) is 0.333. The SMILES string of the molecule is Cc1nn(CCCC(=O)NCc2ccc(OC(C)C)cc2)c(=O)c2nn(-c3ccccc3)c(C)c12. The molecule has 0 saturated carbocycles. The number of para-hydroxylation sites is 1. The van der Waals surface area contributed by atoms with Crippen LogP contribution in [-0.4, -0.2) is 31.6 Å². The number of hydrogen-bond acceptors (Lipinski definition) is 5. The molecule has 4 rings (SSSR count). The molecule has 2 aromatic carbocycles. The van der Waals surface area contributed by atoms with Crippen LogP contribution in [0.5, 0.6) is 5.75 Å². The Morgan fingerprint density at radius 3 is 2.43 bits per heavy atom. The van der Waals surface area contributed by atoms with Crippen molar-refractivity contribution in [1.29, 1.82) is 0 Å². The molecule has 0 aliphatic carbocycles. The summed E-state index contributed by atoms with van der Waals surface area (Å²) in [4.78, 5) is 25.4. The molecule has 0 fully saturated rings. The third kappa shape index (κ3) is 5.59. The minimum absolute atomic E-state index is 0.0671. The van der Waals surface area contributed by atoms with Crippen LogP contribution in [0.25, 0.3) is 16.6 Å². The van der Waals surface area contributed by atoms with Gasteiger partial charge in [0.05, 0.1) is 28.6 Å². The number of benzene rings is 2. The summed E-state index contributed by atoms with van der Waals surface area (Å²) < 4.78 is 8.83. The Kier molecular flexibility index (Phi) is 7.29. The van der Waals surface area contributed by atoms with E-state index in [2.05, 4.69) is 15.5 Å². The molecule has 4 aromatic rings. The third-order valence-corrected chi connectivity index (χ3v) is 5.75. The van der Waals surface area contributed by atoms with Gasteiger partial charge in [0.1, 0.15) is 5.75 Å². The number of hydrogen-bond donors (Lipinski definition) is 1. The summed E-state index contributed by atoms with van der Waals surface area (Å²) in [6, 6.07) is 17.4. The molecule has 2 aromatic heterocycles. The number of ether oxygens (including phenoxy) is 1. The van der Waals surface area contributed by atoms with Crippen molar-refractivity contribution in [3.63, 3.8) is 0 Å². The van der Waals surface area contributed by atoms with Gasteiger partial charge in [-0.2, -0.15) is 10.2 Å². The number of aromatic nitrogens is 4. The van der Waals surface area contributed by atoms with Gasteiger partial charge in [-0.25, -0.2) is 9.36 Å². The van der Waals surface area contributed by atoms with E-state index in [1.54, 1.807) is 4.68 Å². The van der Waals surface area contributed by atoms with Crippen molar-refractivity contribution in [3.8, 4) is 11.4 Å². The van der Waals surface area contributed by atoms with Gasteiger partial charge in [0, 0.05) is 19.5 Å². The Balaban J connectivity index is 1.37. The maximum absolute atomic E-state index is 13.1. The van der Waals surface area contributed by atoms with Crippen molar-refractivity contribution in [1.82, 2.24) is 24.9 Å². The minimum Gasteiger partial charge on any atom is -0.491 e. The summed E-state index contributed by atoms with van der Waals surface area (Å²) in [7, 11) is 0. The highest BCUT2D eigenvalue weighted by molar-refractivity contribution is 5.83. The molecule has 182 valence electrons. The molecule has 0 aliphatic rings. The molecule has 0 unspecified atom stereocenters. The highest BCUT2D eigenvalue weighted by atomic mass is 16.5. The Morgan fingerprint density at radius 2 is 1.74 bits per heavy atom. The van der Waals surface area contributed by atoms with Gasteiger partial charge in [-0.15, -0.1) is 0 Å². The number of nitrogens with one attached hydrogen (secondary N) is 1. The summed E-state index contributed by atoms with van der Waals surface area (Å²) >= 11 is 0. The first-order chi connectivity index (χ1) is 16.8. The van der Waals surface area contributed by atoms with E-state index in [9.17, 15) is 9.59 Å². The molecular formula is C27H31N5O3. The van der Waals surface area contributed by atoms with Crippen LogP contribution in [0.2, 0.25) is 0 Å². The monoisotopic (exact) mass is 473 g/mol. The van der Waals surface area contributed by atoms with Crippen molar-refractivity contribution in [3.05, 3.63) is 81.9 Å². The molecule has 0 spiro atoms. The van der Waals surface area contributed by atoms with E-state index in [4.69, 9.17) is 4.74 Å². The molecule has 2 heterocycles. The molecule has 8 heteroatoms. The standard InChI is InChI=1S/C27H31N5O3/c1-18(2)35-23-14-12-21(13-15-23)17-28-24(33)11-8-16-31-27(34)26-25(19(3)29-31)20(4)32(30-26)22-9-6-5-7-10-22/h5-7,9-10,12-15,18H,8,11,16-17H2,1-4H3,(H,28,33). The van der Waals surface area contributed by atoms with Crippen LogP contribution in [0.1, 0.15) is 43.6 Å². The van der Waals surface area contributed by atoms with Gasteiger partial charge >= 0.3 is 0 Å². The van der Waals surface area contributed by atoms with E-state index in [1.807, 2.05) is 82.3 Å². The lowest BCUT2D eigenvalue weighted by atomic mass is 10.2. The molecular weight excluding hydrogens is 442 g/mol. The lowest BCUT2D eigenvalue weighted by Crippen LogP contribution is -2.26. The van der Waals surface area contributed by atoms with Gasteiger partial charge in [-0.05, 0) is 63.9 Å². The van der Waals surface area contributed by atoms with Gasteiger partial charge in [-0.3, -0.25) is 9.59 Å². The second kappa shape index (κ2) is 10.5. The van der Waals surface area contributed by atoms with Crippen molar-refractivity contribution in [2.24, 2.45) is 0 Å². The molecule has 1 amide bonds. The molecule has 0 aliphatic heterocycles. The van der Waals surface area contributed by atoms with Crippen molar-refractivity contribution < 1.29 is 9.53 Å². The average molecular weight is 474 g/mol. The van der Waals surface area contributed by atoms with Gasteiger partial charge in [0.25, 0.3) is 5.56 Å². The molecule has 0 radical (unpaired) electrons. The van der Waals surface area contributed by atoms with Gasteiger partial charge in [0.15, 0.2) is 5.52 Å².